The van der Waals surface area contributed by atoms with E-state index in [0.29, 0.717) is 0 Å². The summed E-state index contributed by atoms with van der Waals surface area (Å²) >= 11 is 1.71. The SMILES string of the molecule is CNC(C)(CO)CCSc1ncnc2ccccc12. The van der Waals surface area contributed by atoms with E-state index in [9.17, 15) is 5.11 Å². The van der Waals surface area contributed by atoms with E-state index in [0.717, 1.165) is 28.1 Å². The molecule has 1 heterocycles. The van der Waals surface area contributed by atoms with E-state index in [1.807, 2.05) is 38.2 Å². The Balaban J connectivity index is 2.06. The van der Waals surface area contributed by atoms with E-state index in [4.69, 9.17) is 0 Å². The molecule has 1 aromatic carbocycles. The van der Waals surface area contributed by atoms with Gasteiger partial charge in [-0.3, -0.25) is 0 Å². The lowest BCUT2D eigenvalue weighted by Crippen LogP contribution is -2.43. The molecule has 2 N–H and O–H groups in total. The molecule has 0 aliphatic heterocycles. The van der Waals surface area contributed by atoms with Crippen LogP contribution in [0.1, 0.15) is 13.3 Å². The fraction of sp³-hybridized carbons (Fsp3) is 0.429. The summed E-state index contributed by atoms with van der Waals surface area (Å²) < 4.78 is 0. The number of aliphatic hydroxyl groups is 1. The Morgan fingerprint density at radius 1 is 1.32 bits per heavy atom. The number of nitrogens with one attached hydrogen (secondary N) is 1. The molecule has 0 fully saturated rings. The Bertz CT molecular complexity index is 538. The van der Waals surface area contributed by atoms with Crippen LogP contribution in [0.4, 0.5) is 0 Å². The number of thioether (sulfide) groups is 1. The standard InChI is InChI=1S/C14H19N3OS/c1-14(9-18,15-2)7-8-19-13-11-5-3-4-6-12(11)16-10-17-13/h3-6,10,15,18H,7-9H2,1-2H3. The van der Waals surface area contributed by atoms with Crippen molar-refractivity contribution < 1.29 is 5.11 Å². The van der Waals surface area contributed by atoms with Gasteiger partial charge in [0.25, 0.3) is 0 Å². The predicted octanol–water partition coefficient (Wildman–Crippen LogP) is 2.08. The molecule has 2 aromatic rings. The van der Waals surface area contributed by atoms with Gasteiger partial charge in [0.15, 0.2) is 0 Å². The first-order chi connectivity index (χ1) is 9.18. The zero-order valence-corrected chi connectivity index (χ0v) is 12.1. The van der Waals surface area contributed by atoms with Crippen molar-refractivity contribution in [1.29, 1.82) is 0 Å². The molecule has 0 radical (unpaired) electrons. The highest BCUT2D eigenvalue weighted by molar-refractivity contribution is 7.99. The van der Waals surface area contributed by atoms with Gasteiger partial charge in [-0.05, 0) is 26.5 Å². The van der Waals surface area contributed by atoms with Gasteiger partial charge in [0, 0.05) is 16.7 Å². The average molecular weight is 277 g/mol. The van der Waals surface area contributed by atoms with Crippen LogP contribution in [0.15, 0.2) is 35.6 Å². The first kappa shape index (κ1) is 14.2. The molecular formula is C14H19N3OS. The van der Waals surface area contributed by atoms with Gasteiger partial charge in [-0.15, -0.1) is 11.8 Å². The van der Waals surface area contributed by atoms with E-state index in [1.54, 1.807) is 18.1 Å². The topological polar surface area (TPSA) is 58.0 Å². The number of benzene rings is 1. The first-order valence-corrected chi connectivity index (χ1v) is 7.29. The van der Waals surface area contributed by atoms with E-state index >= 15 is 0 Å². The van der Waals surface area contributed by atoms with E-state index in [2.05, 4.69) is 15.3 Å². The minimum Gasteiger partial charge on any atom is -0.394 e. The molecule has 19 heavy (non-hydrogen) atoms. The lowest BCUT2D eigenvalue weighted by molar-refractivity contribution is 0.179. The summed E-state index contributed by atoms with van der Waals surface area (Å²) in [6.07, 6.45) is 2.48. The second kappa shape index (κ2) is 6.32. The van der Waals surface area contributed by atoms with Crippen LogP contribution in [0.2, 0.25) is 0 Å². The van der Waals surface area contributed by atoms with E-state index in [-0.39, 0.29) is 12.1 Å². The Hall–Kier alpha value is -1.17. The maximum absolute atomic E-state index is 9.36. The Morgan fingerprint density at radius 3 is 2.84 bits per heavy atom. The Morgan fingerprint density at radius 2 is 2.11 bits per heavy atom. The van der Waals surface area contributed by atoms with Gasteiger partial charge in [-0.2, -0.15) is 0 Å². The number of likely N-dealkylation sites (N-methyl/N-ethyl adjacent to an activating group) is 1. The van der Waals surface area contributed by atoms with Crippen molar-refractivity contribution in [2.24, 2.45) is 0 Å². The molecular weight excluding hydrogens is 258 g/mol. The monoisotopic (exact) mass is 277 g/mol. The molecule has 0 bridgehead atoms. The quantitative estimate of drug-likeness (QED) is 0.625. The second-order valence-electron chi connectivity index (χ2n) is 4.76. The number of hydrogen-bond acceptors (Lipinski definition) is 5. The van der Waals surface area contributed by atoms with Gasteiger partial charge in [0.1, 0.15) is 11.4 Å². The summed E-state index contributed by atoms with van der Waals surface area (Å²) in [5.74, 6) is 0.902. The maximum Gasteiger partial charge on any atom is 0.117 e. The van der Waals surface area contributed by atoms with Crippen LogP contribution in [0, 0.1) is 0 Å². The molecule has 5 heteroatoms. The zero-order valence-electron chi connectivity index (χ0n) is 11.3. The summed E-state index contributed by atoms with van der Waals surface area (Å²) in [6, 6.07) is 8.02. The van der Waals surface area contributed by atoms with Gasteiger partial charge in [0.2, 0.25) is 0 Å². The normalized spacial score (nSPS) is 14.5. The fourth-order valence-corrected chi connectivity index (χ4v) is 2.95. The van der Waals surface area contributed by atoms with E-state index < -0.39 is 0 Å². The minimum atomic E-state index is -0.226. The summed E-state index contributed by atoms with van der Waals surface area (Å²) in [7, 11) is 1.88. The number of rotatable bonds is 6. The van der Waals surface area contributed by atoms with Crippen LogP contribution in [-0.4, -0.2) is 40.0 Å². The number of fused-ring (bicyclic) bond motifs is 1. The van der Waals surface area contributed by atoms with Crippen molar-refractivity contribution in [3.8, 4) is 0 Å². The van der Waals surface area contributed by atoms with Crippen LogP contribution in [0.3, 0.4) is 0 Å². The summed E-state index contributed by atoms with van der Waals surface area (Å²) in [5, 5.41) is 14.6. The van der Waals surface area contributed by atoms with Crippen LogP contribution in [-0.2, 0) is 0 Å². The van der Waals surface area contributed by atoms with Crippen molar-refractivity contribution in [3.05, 3.63) is 30.6 Å². The molecule has 0 spiro atoms. The van der Waals surface area contributed by atoms with Crippen LogP contribution < -0.4 is 5.32 Å². The maximum atomic E-state index is 9.36. The van der Waals surface area contributed by atoms with Crippen molar-refractivity contribution in [3.63, 3.8) is 0 Å². The lowest BCUT2D eigenvalue weighted by Gasteiger charge is -2.26. The molecule has 2 rings (SSSR count). The summed E-state index contributed by atoms with van der Waals surface area (Å²) in [5.41, 5.74) is 0.745. The fourth-order valence-electron chi connectivity index (χ4n) is 1.75. The number of aliphatic hydroxyl groups excluding tert-OH is 1. The van der Waals surface area contributed by atoms with Gasteiger partial charge < -0.3 is 10.4 Å². The molecule has 0 saturated carbocycles. The summed E-state index contributed by atoms with van der Waals surface area (Å²) in [6.45, 7) is 2.15. The molecule has 0 aliphatic carbocycles. The average Bonchev–Trinajstić information content (AvgIpc) is 2.47. The smallest absolute Gasteiger partial charge is 0.117 e. The third kappa shape index (κ3) is 3.43. The number of nitrogens with zero attached hydrogens (tertiary/aromatic N) is 2. The van der Waals surface area contributed by atoms with E-state index in [1.165, 1.54) is 0 Å². The van der Waals surface area contributed by atoms with Crippen LogP contribution in [0.5, 0.6) is 0 Å². The van der Waals surface area contributed by atoms with Crippen LogP contribution >= 0.6 is 11.8 Å². The first-order valence-electron chi connectivity index (χ1n) is 6.31. The van der Waals surface area contributed by atoms with Crippen molar-refractivity contribution in [2.45, 2.75) is 23.9 Å². The molecule has 0 amide bonds. The predicted molar refractivity (Wildman–Crippen MR) is 79.4 cm³/mol. The molecule has 4 nitrogen and oxygen atoms in total. The number of para-hydroxylation sites is 1. The van der Waals surface area contributed by atoms with Gasteiger partial charge in [-0.25, -0.2) is 9.97 Å². The van der Waals surface area contributed by atoms with Gasteiger partial charge in [0.05, 0.1) is 12.1 Å². The molecule has 0 saturated heterocycles. The minimum absolute atomic E-state index is 0.134. The molecule has 1 unspecified atom stereocenters. The third-order valence-electron chi connectivity index (χ3n) is 3.35. The summed E-state index contributed by atoms with van der Waals surface area (Å²) in [4.78, 5) is 8.60. The van der Waals surface area contributed by atoms with Crippen LogP contribution in [0.25, 0.3) is 10.9 Å². The third-order valence-corrected chi connectivity index (χ3v) is 4.36. The van der Waals surface area contributed by atoms with Crippen molar-refractivity contribution in [2.75, 3.05) is 19.4 Å². The molecule has 102 valence electrons. The number of aromatic nitrogens is 2. The van der Waals surface area contributed by atoms with Crippen molar-refractivity contribution >= 4 is 22.7 Å². The molecule has 1 aromatic heterocycles. The second-order valence-corrected chi connectivity index (χ2v) is 5.85. The zero-order chi connectivity index (χ0) is 13.7. The molecule has 0 aliphatic rings. The highest BCUT2D eigenvalue weighted by Crippen LogP contribution is 2.26. The number of hydrogen-bond donors (Lipinski definition) is 2. The largest absolute Gasteiger partial charge is 0.394 e. The van der Waals surface area contributed by atoms with Gasteiger partial charge >= 0.3 is 0 Å². The Kier molecular flexibility index (Phi) is 4.74. The van der Waals surface area contributed by atoms with Crippen molar-refractivity contribution in [1.82, 2.24) is 15.3 Å². The lowest BCUT2D eigenvalue weighted by atomic mass is 10.0. The Labute approximate surface area is 117 Å². The highest BCUT2D eigenvalue weighted by atomic mass is 32.2. The molecule has 1 atom stereocenters. The highest BCUT2D eigenvalue weighted by Gasteiger charge is 2.20. The van der Waals surface area contributed by atoms with Gasteiger partial charge in [-0.1, -0.05) is 18.2 Å².